The number of nitrogens with one attached hydrogen (secondary N) is 2. The summed E-state index contributed by atoms with van der Waals surface area (Å²) >= 11 is 0. The van der Waals surface area contributed by atoms with Crippen molar-refractivity contribution in [2.75, 3.05) is 46.6 Å². The summed E-state index contributed by atoms with van der Waals surface area (Å²) in [4.78, 5) is 11.9. The normalized spacial score (nSPS) is 27.7. The van der Waals surface area contributed by atoms with Crippen molar-refractivity contribution >= 4 is 5.91 Å². The summed E-state index contributed by atoms with van der Waals surface area (Å²) < 4.78 is 33.2. The van der Waals surface area contributed by atoms with Gasteiger partial charge in [0, 0.05) is 6.92 Å². The fourth-order valence-electron chi connectivity index (χ4n) is 4.01. The van der Waals surface area contributed by atoms with Gasteiger partial charge in [-0.1, -0.05) is 0 Å². The molecule has 18 heteroatoms. The van der Waals surface area contributed by atoms with Crippen LogP contribution in [0, 0.1) is 0 Å². The largest absolute Gasteiger partial charge is 0.394 e. The summed E-state index contributed by atoms with van der Waals surface area (Å²) in [7, 11) is 1.75. The maximum atomic E-state index is 11.9. The van der Waals surface area contributed by atoms with Crippen LogP contribution in [0.15, 0.2) is 0 Å². The minimum atomic E-state index is -2.28. The molecule has 0 aromatic heterocycles. The van der Waals surface area contributed by atoms with E-state index >= 15 is 0 Å². The Morgan fingerprint density at radius 3 is 2.00 bits per heavy atom. The molecule has 0 aromatic carbocycles. The van der Waals surface area contributed by atoms with Crippen LogP contribution in [0.4, 0.5) is 0 Å². The average Bonchev–Trinajstić information content (AvgIpc) is 2.94. The third-order valence-electron chi connectivity index (χ3n) is 6.41. The van der Waals surface area contributed by atoms with E-state index < -0.39 is 112 Å². The fourth-order valence-corrected chi connectivity index (χ4v) is 4.01. The number of hydrogen-bond donors (Lipinski definition) is 11. The second-order valence-electron chi connectivity index (χ2n) is 10.1. The summed E-state index contributed by atoms with van der Waals surface area (Å²) in [6.45, 7) is 1.61. The van der Waals surface area contributed by atoms with Gasteiger partial charge in [0.1, 0.15) is 42.7 Å². The van der Waals surface area contributed by atoms with Gasteiger partial charge in [-0.05, 0) is 33.9 Å². The van der Waals surface area contributed by atoms with E-state index in [1.54, 1.807) is 7.05 Å². The molecule has 0 saturated carbocycles. The van der Waals surface area contributed by atoms with Crippen molar-refractivity contribution < 1.29 is 79.2 Å². The molecule has 0 radical (unpaired) electrons. The fraction of sp³-hybridized carbons (Fsp3) is 0.960. The van der Waals surface area contributed by atoms with E-state index in [-0.39, 0.29) is 6.61 Å². The zero-order valence-electron chi connectivity index (χ0n) is 24.8. The van der Waals surface area contributed by atoms with Crippen molar-refractivity contribution in [2.24, 2.45) is 0 Å². The number of amides is 1. The van der Waals surface area contributed by atoms with Gasteiger partial charge in [-0.15, -0.1) is 0 Å². The lowest BCUT2D eigenvalue weighted by Gasteiger charge is -2.45. The summed E-state index contributed by atoms with van der Waals surface area (Å²) in [6, 6.07) is -1.20. The first-order valence-corrected chi connectivity index (χ1v) is 14.0. The van der Waals surface area contributed by atoms with Crippen LogP contribution in [-0.4, -0.2) is 179 Å². The van der Waals surface area contributed by atoms with E-state index in [1.807, 2.05) is 0 Å². The number of rotatable bonds is 22. The maximum Gasteiger partial charge on any atom is 0.217 e. The van der Waals surface area contributed by atoms with Crippen molar-refractivity contribution in [3.63, 3.8) is 0 Å². The molecule has 256 valence electrons. The summed E-state index contributed by atoms with van der Waals surface area (Å²) in [5.41, 5.74) is 0. The Balaban J connectivity index is 3.21. The highest BCUT2D eigenvalue weighted by molar-refractivity contribution is 5.73. The van der Waals surface area contributed by atoms with Crippen molar-refractivity contribution in [2.45, 2.75) is 107 Å². The molecule has 1 aliphatic rings. The minimum absolute atomic E-state index is 0.179. The van der Waals surface area contributed by atoms with Gasteiger partial charge in [-0.25, -0.2) is 0 Å². The molecule has 1 saturated heterocycles. The first-order chi connectivity index (χ1) is 20.3. The van der Waals surface area contributed by atoms with Crippen LogP contribution in [0.2, 0.25) is 0 Å². The molecule has 1 amide bonds. The SMILES string of the molecule is CNCCCOC1OC(CO)C(OC(OC(CO)[C@@H](C)O)[C@@H](O)COC(OC(CO)[C@@H](C)O)C(O)O)C(O)C1NC(C)=O. The van der Waals surface area contributed by atoms with Gasteiger partial charge in [0.2, 0.25) is 18.5 Å². The van der Waals surface area contributed by atoms with Gasteiger partial charge in [-0.2, -0.15) is 0 Å². The average molecular weight is 635 g/mol. The van der Waals surface area contributed by atoms with Crippen LogP contribution in [0.25, 0.3) is 0 Å². The van der Waals surface area contributed by atoms with Crippen LogP contribution in [0.1, 0.15) is 27.2 Å². The van der Waals surface area contributed by atoms with Crippen LogP contribution in [-0.2, 0) is 33.2 Å². The van der Waals surface area contributed by atoms with Gasteiger partial charge < -0.3 is 85.0 Å². The Hall–Kier alpha value is -1.17. The minimum Gasteiger partial charge on any atom is -0.394 e. The Morgan fingerprint density at radius 1 is 0.953 bits per heavy atom. The van der Waals surface area contributed by atoms with Crippen molar-refractivity contribution in [3.05, 3.63) is 0 Å². The molecule has 0 spiro atoms. The molecule has 12 atom stereocenters. The van der Waals surface area contributed by atoms with Gasteiger partial charge in [0.05, 0.1) is 45.2 Å². The van der Waals surface area contributed by atoms with E-state index in [2.05, 4.69) is 10.6 Å². The Kier molecular flexibility index (Phi) is 19.3. The summed E-state index contributed by atoms with van der Waals surface area (Å²) in [5, 5.41) is 95.6. The summed E-state index contributed by atoms with van der Waals surface area (Å²) in [6.07, 6.45) is -17.9. The lowest BCUT2D eigenvalue weighted by molar-refractivity contribution is -0.332. The highest BCUT2D eigenvalue weighted by Gasteiger charge is 2.48. The van der Waals surface area contributed by atoms with Crippen LogP contribution < -0.4 is 10.6 Å². The second kappa shape index (κ2) is 20.8. The smallest absolute Gasteiger partial charge is 0.217 e. The molecule has 18 nitrogen and oxygen atoms in total. The van der Waals surface area contributed by atoms with Crippen molar-refractivity contribution in [1.29, 1.82) is 0 Å². The van der Waals surface area contributed by atoms with Gasteiger partial charge in [-0.3, -0.25) is 4.79 Å². The molecule has 9 unspecified atom stereocenters. The zero-order valence-corrected chi connectivity index (χ0v) is 24.8. The molecular formula is C25H50N2O16. The number of aliphatic hydroxyl groups excluding tert-OH is 8. The third kappa shape index (κ3) is 13.4. The van der Waals surface area contributed by atoms with E-state index in [4.69, 9.17) is 28.4 Å². The van der Waals surface area contributed by atoms with Crippen LogP contribution >= 0.6 is 0 Å². The number of carbonyl (C=O) groups is 1. The molecule has 1 heterocycles. The zero-order chi connectivity index (χ0) is 32.7. The number of hydrogen-bond acceptors (Lipinski definition) is 17. The highest BCUT2D eigenvalue weighted by Crippen LogP contribution is 2.27. The molecular weight excluding hydrogens is 584 g/mol. The number of ether oxygens (including phenoxy) is 6. The predicted molar refractivity (Wildman–Crippen MR) is 144 cm³/mol. The molecule has 11 N–H and O–H groups in total. The summed E-state index contributed by atoms with van der Waals surface area (Å²) in [5.74, 6) is -0.541. The molecule has 1 rings (SSSR count). The van der Waals surface area contributed by atoms with E-state index in [9.17, 15) is 50.8 Å². The first-order valence-electron chi connectivity index (χ1n) is 14.0. The van der Waals surface area contributed by atoms with Crippen molar-refractivity contribution in [3.8, 4) is 0 Å². The van der Waals surface area contributed by atoms with Crippen molar-refractivity contribution in [1.82, 2.24) is 10.6 Å². The molecule has 43 heavy (non-hydrogen) atoms. The molecule has 1 aliphatic heterocycles. The van der Waals surface area contributed by atoms with Crippen LogP contribution in [0.3, 0.4) is 0 Å². The monoisotopic (exact) mass is 634 g/mol. The Bertz CT molecular complexity index is 750. The Morgan fingerprint density at radius 2 is 1.53 bits per heavy atom. The Labute approximate surface area is 250 Å². The molecule has 0 aliphatic carbocycles. The quantitative estimate of drug-likeness (QED) is 0.0391. The lowest BCUT2D eigenvalue weighted by Crippen LogP contribution is -2.66. The maximum absolute atomic E-state index is 11.9. The van der Waals surface area contributed by atoms with E-state index in [0.29, 0.717) is 13.0 Å². The topological polar surface area (TPSA) is 279 Å². The van der Waals surface area contributed by atoms with E-state index in [1.165, 1.54) is 20.8 Å². The third-order valence-corrected chi connectivity index (χ3v) is 6.41. The standard InChI is InChI=1S/C25H50N2O16/c1-12(31)16(8-28)40-23(15(34)11-39-25(22(36)37)41-17(9-29)13(2)32)43-21-18(10-30)42-24(38-7-5-6-26-4)19(20(21)35)27-14(3)33/h12-13,15-26,28-32,34-37H,5-11H2,1-4H3,(H,27,33)/t12-,13-,15+,16?,17?,18?,19?,20?,21?,23?,24?,25?/m1/s1. The second-order valence-corrected chi connectivity index (χ2v) is 10.1. The van der Waals surface area contributed by atoms with Crippen LogP contribution in [0.5, 0.6) is 0 Å². The van der Waals surface area contributed by atoms with Gasteiger partial charge in [0.15, 0.2) is 12.6 Å². The lowest BCUT2D eigenvalue weighted by atomic mass is 9.96. The predicted octanol–water partition coefficient (Wildman–Crippen LogP) is -5.56. The van der Waals surface area contributed by atoms with Gasteiger partial charge >= 0.3 is 0 Å². The molecule has 1 fully saturated rings. The number of aliphatic hydroxyl groups is 9. The molecule has 0 aromatic rings. The van der Waals surface area contributed by atoms with Gasteiger partial charge in [0.25, 0.3) is 0 Å². The van der Waals surface area contributed by atoms with E-state index in [0.717, 1.165) is 0 Å². The number of carbonyl (C=O) groups excluding carboxylic acids is 1. The first kappa shape index (κ1) is 39.9. The molecule has 0 bridgehead atoms. The highest BCUT2D eigenvalue weighted by atomic mass is 16.7.